The summed E-state index contributed by atoms with van der Waals surface area (Å²) >= 11 is 6.10. The van der Waals surface area contributed by atoms with Gasteiger partial charge >= 0.3 is 5.97 Å². The molecule has 1 heterocycles. The monoisotopic (exact) mass is 383 g/mol. The molecule has 4 rings (SSSR count). The van der Waals surface area contributed by atoms with Crippen LogP contribution in [0.5, 0.6) is 0 Å². The number of rotatable bonds is 5. The highest BCUT2D eigenvalue weighted by Gasteiger charge is 2.34. The maximum Gasteiger partial charge on any atom is 0.309 e. The van der Waals surface area contributed by atoms with Crippen molar-refractivity contribution in [3.05, 3.63) is 58.1 Å². The topological polar surface area (TPSA) is 57.0 Å². The molecule has 0 aliphatic heterocycles. The van der Waals surface area contributed by atoms with Gasteiger partial charge in [-0.05, 0) is 55.0 Å². The van der Waals surface area contributed by atoms with E-state index in [-0.39, 0.29) is 11.9 Å². The second-order valence-electron chi connectivity index (χ2n) is 7.27. The standard InChI is InChI=1S/C21H22ClN3O2/c1-12-4-5-15(10-16(12)11-22)20(27-21(26)14-6-7-14)17-8-9-18-19(13(17)2)23-24-25(18)3/h4-5,8-10,14,20H,6-7,11H2,1-3H3. The zero-order chi connectivity index (χ0) is 19.1. The maximum atomic E-state index is 12.5. The van der Waals surface area contributed by atoms with Gasteiger partial charge < -0.3 is 4.74 Å². The molecule has 1 aliphatic carbocycles. The third kappa shape index (κ3) is 3.32. The van der Waals surface area contributed by atoms with Crippen LogP contribution >= 0.6 is 11.6 Å². The van der Waals surface area contributed by atoms with Crippen LogP contribution in [0.15, 0.2) is 30.3 Å². The zero-order valence-electron chi connectivity index (χ0n) is 15.7. The number of nitrogens with zero attached hydrogens (tertiary/aromatic N) is 3. The van der Waals surface area contributed by atoms with Crippen molar-refractivity contribution in [2.24, 2.45) is 13.0 Å². The van der Waals surface area contributed by atoms with Crippen molar-refractivity contribution in [3.63, 3.8) is 0 Å². The van der Waals surface area contributed by atoms with E-state index < -0.39 is 6.10 Å². The minimum atomic E-state index is -0.480. The van der Waals surface area contributed by atoms with Crippen molar-refractivity contribution < 1.29 is 9.53 Å². The molecule has 3 aromatic rings. The van der Waals surface area contributed by atoms with Crippen LogP contribution < -0.4 is 0 Å². The fraction of sp³-hybridized carbons (Fsp3) is 0.381. The molecule has 5 nitrogen and oxygen atoms in total. The van der Waals surface area contributed by atoms with Gasteiger partial charge in [0.15, 0.2) is 6.10 Å². The number of halogens is 1. The lowest BCUT2D eigenvalue weighted by atomic mass is 9.94. The molecule has 1 unspecified atom stereocenters. The highest BCUT2D eigenvalue weighted by Crippen LogP contribution is 2.37. The quantitative estimate of drug-likeness (QED) is 0.485. The molecule has 1 aromatic heterocycles. The van der Waals surface area contributed by atoms with Crippen molar-refractivity contribution >= 4 is 28.6 Å². The van der Waals surface area contributed by atoms with Gasteiger partial charge in [-0.3, -0.25) is 4.79 Å². The van der Waals surface area contributed by atoms with Crippen LogP contribution in [0, 0.1) is 19.8 Å². The lowest BCUT2D eigenvalue weighted by Crippen LogP contribution is -2.15. The molecule has 2 aromatic carbocycles. The average Bonchev–Trinajstić information content (AvgIpc) is 3.45. The summed E-state index contributed by atoms with van der Waals surface area (Å²) in [6.45, 7) is 4.03. The number of alkyl halides is 1. The maximum absolute atomic E-state index is 12.5. The van der Waals surface area contributed by atoms with Crippen LogP contribution in [-0.4, -0.2) is 21.0 Å². The average molecular weight is 384 g/mol. The first kappa shape index (κ1) is 18.0. The number of carbonyl (C=O) groups is 1. The van der Waals surface area contributed by atoms with Crippen molar-refractivity contribution in [1.82, 2.24) is 15.0 Å². The van der Waals surface area contributed by atoms with E-state index in [0.29, 0.717) is 5.88 Å². The number of benzene rings is 2. The summed E-state index contributed by atoms with van der Waals surface area (Å²) in [5.74, 6) is 0.322. The normalized spacial score (nSPS) is 15.1. The largest absolute Gasteiger partial charge is 0.452 e. The van der Waals surface area contributed by atoms with E-state index in [2.05, 4.69) is 10.3 Å². The molecular weight excluding hydrogens is 362 g/mol. The van der Waals surface area contributed by atoms with Gasteiger partial charge in [-0.2, -0.15) is 0 Å². The number of aryl methyl sites for hydroxylation is 3. The van der Waals surface area contributed by atoms with E-state index in [0.717, 1.165) is 51.7 Å². The minimum absolute atomic E-state index is 0.0333. The summed E-state index contributed by atoms with van der Waals surface area (Å²) in [5.41, 5.74) is 6.78. The molecule has 1 aliphatic rings. The molecule has 0 N–H and O–H groups in total. The molecule has 1 atom stereocenters. The van der Waals surface area contributed by atoms with Crippen molar-refractivity contribution in [1.29, 1.82) is 0 Å². The molecule has 140 valence electrons. The van der Waals surface area contributed by atoms with Crippen LogP contribution in [0.25, 0.3) is 11.0 Å². The first-order valence-corrected chi connectivity index (χ1v) is 9.67. The predicted molar refractivity (Wildman–Crippen MR) is 105 cm³/mol. The highest BCUT2D eigenvalue weighted by atomic mass is 35.5. The van der Waals surface area contributed by atoms with Crippen molar-refractivity contribution in [2.45, 2.75) is 38.7 Å². The lowest BCUT2D eigenvalue weighted by molar-refractivity contribution is -0.149. The third-order valence-electron chi connectivity index (χ3n) is 5.33. The molecule has 1 saturated carbocycles. The van der Waals surface area contributed by atoms with Gasteiger partial charge in [-0.25, -0.2) is 4.68 Å². The van der Waals surface area contributed by atoms with Gasteiger partial charge in [-0.1, -0.05) is 29.5 Å². The van der Waals surface area contributed by atoms with Crippen LogP contribution in [0.3, 0.4) is 0 Å². The van der Waals surface area contributed by atoms with Gasteiger partial charge in [0.1, 0.15) is 5.52 Å². The fourth-order valence-electron chi connectivity index (χ4n) is 3.37. The van der Waals surface area contributed by atoms with Crippen LogP contribution in [-0.2, 0) is 22.5 Å². The second kappa shape index (κ2) is 6.97. The highest BCUT2D eigenvalue weighted by molar-refractivity contribution is 6.17. The fourth-order valence-corrected chi connectivity index (χ4v) is 3.66. The summed E-state index contributed by atoms with van der Waals surface area (Å²) in [6.07, 6.45) is 1.34. The zero-order valence-corrected chi connectivity index (χ0v) is 16.5. The molecular formula is C21H22ClN3O2. The Morgan fingerprint density at radius 1 is 1.30 bits per heavy atom. The van der Waals surface area contributed by atoms with Crippen LogP contribution in [0.4, 0.5) is 0 Å². The van der Waals surface area contributed by atoms with E-state index >= 15 is 0 Å². The van der Waals surface area contributed by atoms with Gasteiger partial charge in [-0.15, -0.1) is 16.7 Å². The van der Waals surface area contributed by atoms with Crippen LogP contribution in [0.2, 0.25) is 0 Å². The Kier molecular flexibility index (Phi) is 4.64. The Balaban J connectivity index is 1.82. The van der Waals surface area contributed by atoms with Gasteiger partial charge in [0.2, 0.25) is 0 Å². The number of ether oxygens (including phenoxy) is 1. The summed E-state index contributed by atoms with van der Waals surface area (Å²) < 4.78 is 7.73. The summed E-state index contributed by atoms with van der Waals surface area (Å²) in [7, 11) is 1.87. The Bertz CT molecular complexity index is 1020. The first-order chi connectivity index (χ1) is 13.0. The number of hydrogen-bond donors (Lipinski definition) is 0. The Morgan fingerprint density at radius 3 is 2.78 bits per heavy atom. The molecule has 0 radical (unpaired) electrons. The number of hydrogen-bond acceptors (Lipinski definition) is 4. The summed E-state index contributed by atoms with van der Waals surface area (Å²) in [4.78, 5) is 12.5. The number of esters is 1. The van der Waals surface area contributed by atoms with Gasteiger partial charge in [0, 0.05) is 18.5 Å². The minimum Gasteiger partial charge on any atom is -0.452 e. The van der Waals surface area contributed by atoms with Gasteiger partial charge in [0.25, 0.3) is 0 Å². The second-order valence-corrected chi connectivity index (χ2v) is 7.54. The van der Waals surface area contributed by atoms with E-state index in [4.69, 9.17) is 16.3 Å². The van der Waals surface area contributed by atoms with Crippen molar-refractivity contribution in [3.8, 4) is 0 Å². The predicted octanol–water partition coefficient (Wildman–Crippen LogP) is 4.37. The number of aromatic nitrogens is 3. The van der Waals surface area contributed by atoms with Gasteiger partial charge in [0.05, 0.1) is 11.4 Å². The molecule has 0 spiro atoms. The summed E-state index contributed by atoms with van der Waals surface area (Å²) in [6, 6.07) is 10.1. The SMILES string of the molecule is Cc1ccc(C(OC(=O)C2CC2)c2ccc3c(nnn3C)c2C)cc1CCl. The Morgan fingerprint density at radius 2 is 2.07 bits per heavy atom. The van der Waals surface area contributed by atoms with E-state index in [1.54, 1.807) is 4.68 Å². The van der Waals surface area contributed by atoms with Crippen molar-refractivity contribution in [2.75, 3.05) is 0 Å². The number of carbonyl (C=O) groups excluding carboxylic acids is 1. The van der Waals surface area contributed by atoms with E-state index in [1.807, 2.05) is 51.2 Å². The van der Waals surface area contributed by atoms with E-state index in [9.17, 15) is 4.79 Å². The van der Waals surface area contributed by atoms with Crippen LogP contribution in [0.1, 0.15) is 46.8 Å². The van der Waals surface area contributed by atoms with E-state index in [1.165, 1.54) is 0 Å². The summed E-state index contributed by atoms with van der Waals surface area (Å²) in [5, 5.41) is 8.39. The lowest BCUT2D eigenvalue weighted by Gasteiger charge is -2.22. The molecule has 27 heavy (non-hydrogen) atoms. The Hall–Kier alpha value is -2.40. The molecule has 0 bridgehead atoms. The smallest absolute Gasteiger partial charge is 0.309 e. The first-order valence-electron chi connectivity index (χ1n) is 9.14. The Labute approximate surface area is 163 Å². The molecule has 0 saturated heterocycles. The number of fused-ring (bicyclic) bond motifs is 1. The molecule has 6 heteroatoms. The molecule has 0 amide bonds. The third-order valence-corrected chi connectivity index (χ3v) is 5.61. The molecule has 1 fully saturated rings.